The van der Waals surface area contributed by atoms with Crippen molar-refractivity contribution in [1.82, 2.24) is 0 Å². The summed E-state index contributed by atoms with van der Waals surface area (Å²) in [5.74, 6) is 0.693. The highest BCUT2D eigenvalue weighted by atomic mass is 79.9. The van der Waals surface area contributed by atoms with Crippen LogP contribution in [0.1, 0.15) is 18.4 Å². The van der Waals surface area contributed by atoms with Crippen LogP contribution < -0.4 is 4.90 Å². The fraction of sp³-hybridized carbons (Fsp3) is 0.571. The van der Waals surface area contributed by atoms with Gasteiger partial charge >= 0.3 is 0 Å². The first-order valence-corrected chi connectivity index (χ1v) is 7.18. The molecule has 2 rings (SSSR count). The van der Waals surface area contributed by atoms with Gasteiger partial charge in [-0.25, -0.2) is 0 Å². The van der Waals surface area contributed by atoms with Crippen molar-refractivity contribution in [2.45, 2.75) is 19.4 Å². The Hall–Kier alpha value is -0.580. The van der Waals surface area contributed by atoms with Crippen LogP contribution in [0.3, 0.4) is 0 Å². The molecule has 18 heavy (non-hydrogen) atoms. The van der Waals surface area contributed by atoms with Gasteiger partial charge in [0.1, 0.15) is 0 Å². The number of nitrogens with zero attached hydrogens (tertiary/aromatic N) is 1. The second kappa shape index (κ2) is 6.55. The van der Waals surface area contributed by atoms with Gasteiger partial charge in [-0.1, -0.05) is 15.9 Å². The maximum absolute atomic E-state index is 9.43. The van der Waals surface area contributed by atoms with Crippen LogP contribution in [-0.4, -0.2) is 31.9 Å². The smallest absolute Gasteiger partial charge is 0.0702 e. The Labute approximate surface area is 117 Å². The molecular weight excluding hydrogens is 294 g/mol. The molecule has 100 valence electrons. The molecule has 1 aromatic carbocycles. The van der Waals surface area contributed by atoms with Crippen LogP contribution in [0.25, 0.3) is 0 Å². The van der Waals surface area contributed by atoms with Crippen molar-refractivity contribution in [3.8, 4) is 0 Å². The second-order valence-electron chi connectivity index (χ2n) is 4.87. The zero-order valence-corrected chi connectivity index (χ0v) is 12.3. The SMILES string of the molecule is CN(CC1CCOCC1)c1ccc(Br)cc1CO. The summed E-state index contributed by atoms with van der Waals surface area (Å²) in [6, 6.07) is 6.07. The molecule has 0 radical (unpaired) electrons. The molecule has 0 bridgehead atoms. The van der Waals surface area contributed by atoms with Crippen LogP contribution >= 0.6 is 15.9 Å². The standard InChI is InChI=1S/C14H20BrNO2/c1-16(9-11-4-6-18-7-5-11)14-3-2-13(15)8-12(14)10-17/h2-3,8,11,17H,4-7,9-10H2,1H3. The maximum Gasteiger partial charge on any atom is 0.0702 e. The molecule has 1 N–H and O–H groups in total. The van der Waals surface area contributed by atoms with E-state index in [2.05, 4.69) is 33.9 Å². The molecule has 1 aliphatic rings. The van der Waals surface area contributed by atoms with E-state index >= 15 is 0 Å². The molecule has 1 fully saturated rings. The molecule has 0 aliphatic carbocycles. The van der Waals surface area contributed by atoms with Crippen LogP contribution in [0.5, 0.6) is 0 Å². The topological polar surface area (TPSA) is 32.7 Å². The van der Waals surface area contributed by atoms with E-state index in [4.69, 9.17) is 4.74 Å². The molecule has 1 aliphatic heterocycles. The zero-order valence-electron chi connectivity index (χ0n) is 10.7. The van der Waals surface area contributed by atoms with E-state index in [9.17, 15) is 5.11 Å². The van der Waals surface area contributed by atoms with Crippen LogP contribution in [-0.2, 0) is 11.3 Å². The molecule has 4 heteroatoms. The number of ether oxygens (including phenoxy) is 1. The van der Waals surface area contributed by atoms with Crippen molar-refractivity contribution < 1.29 is 9.84 Å². The fourth-order valence-electron chi connectivity index (χ4n) is 2.47. The molecule has 0 unspecified atom stereocenters. The van der Waals surface area contributed by atoms with Gasteiger partial charge in [0.25, 0.3) is 0 Å². The number of aliphatic hydroxyl groups is 1. The summed E-state index contributed by atoms with van der Waals surface area (Å²) in [5, 5.41) is 9.43. The number of aliphatic hydroxyl groups excluding tert-OH is 1. The van der Waals surface area contributed by atoms with E-state index < -0.39 is 0 Å². The van der Waals surface area contributed by atoms with E-state index in [1.807, 2.05) is 12.1 Å². The van der Waals surface area contributed by atoms with Gasteiger partial charge in [-0.05, 0) is 37.0 Å². The van der Waals surface area contributed by atoms with Crippen LogP contribution in [0, 0.1) is 5.92 Å². The Morgan fingerprint density at radius 3 is 2.78 bits per heavy atom. The normalized spacial score (nSPS) is 16.8. The Morgan fingerprint density at radius 1 is 1.39 bits per heavy atom. The van der Waals surface area contributed by atoms with Crippen molar-refractivity contribution in [2.24, 2.45) is 5.92 Å². The monoisotopic (exact) mass is 313 g/mol. The van der Waals surface area contributed by atoms with Crippen LogP contribution in [0.15, 0.2) is 22.7 Å². The highest BCUT2D eigenvalue weighted by Gasteiger charge is 2.17. The fourth-order valence-corrected chi connectivity index (χ4v) is 2.88. The van der Waals surface area contributed by atoms with E-state index in [1.54, 1.807) is 0 Å². The lowest BCUT2D eigenvalue weighted by Gasteiger charge is -2.29. The average molecular weight is 314 g/mol. The first kappa shape index (κ1) is 13.8. The van der Waals surface area contributed by atoms with Gasteiger partial charge in [-0.2, -0.15) is 0 Å². The van der Waals surface area contributed by atoms with Gasteiger partial charge in [0.05, 0.1) is 6.61 Å². The van der Waals surface area contributed by atoms with Crippen molar-refractivity contribution in [3.63, 3.8) is 0 Å². The van der Waals surface area contributed by atoms with Crippen LogP contribution in [0.2, 0.25) is 0 Å². The lowest BCUT2D eigenvalue weighted by Crippen LogP contribution is -2.30. The van der Waals surface area contributed by atoms with Gasteiger partial charge in [-0.3, -0.25) is 0 Å². The predicted molar refractivity (Wildman–Crippen MR) is 76.9 cm³/mol. The number of hydrogen-bond acceptors (Lipinski definition) is 3. The number of halogens is 1. The number of benzene rings is 1. The van der Waals surface area contributed by atoms with Gasteiger partial charge in [0, 0.05) is 42.5 Å². The van der Waals surface area contributed by atoms with E-state index in [1.165, 1.54) is 0 Å². The Kier molecular flexibility index (Phi) is 5.03. The molecule has 0 spiro atoms. The number of anilines is 1. The van der Waals surface area contributed by atoms with Crippen molar-refractivity contribution in [1.29, 1.82) is 0 Å². The minimum Gasteiger partial charge on any atom is -0.392 e. The van der Waals surface area contributed by atoms with Gasteiger partial charge in [0.2, 0.25) is 0 Å². The minimum absolute atomic E-state index is 0.0763. The first-order valence-electron chi connectivity index (χ1n) is 6.39. The van der Waals surface area contributed by atoms with Crippen LogP contribution in [0.4, 0.5) is 5.69 Å². The third kappa shape index (κ3) is 3.46. The predicted octanol–water partition coefficient (Wildman–Crippen LogP) is 2.80. The summed E-state index contributed by atoms with van der Waals surface area (Å²) in [7, 11) is 2.10. The molecule has 0 atom stereocenters. The zero-order chi connectivity index (χ0) is 13.0. The Balaban J connectivity index is 2.05. The third-order valence-electron chi connectivity index (χ3n) is 3.50. The van der Waals surface area contributed by atoms with Crippen molar-refractivity contribution in [2.75, 3.05) is 31.7 Å². The third-order valence-corrected chi connectivity index (χ3v) is 3.99. The quantitative estimate of drug-likeness (QED) is 0.927. The summed E-state index contributed by atoms with van der Waals surface area (Å²) < 4.78 is 6.39. The molecule has 0 saturated carbocycles. The summed E-state index contributed by atoms with van der Waals surface area (Å²) >= 11 is 3.44. The van der Waals surface area contributed by atoms with Gasteiger partial charge in [-0.15, -0.1) is 0 Å². The summed E-state index contributed by atoms with van der Waals surface area (Å²) in [4.78, 5) is 2.24. The molecule has 0 aromatic heterocycles. The molecule has 3 nitrogen and oxygen atoms in total. The maximum atomic E-state index is 9.43. The van der Waals surface area contributed by atoms with E-state index in [0.29, 0.717) is 5.92 Å². The highest BCUT2D eigenvalue weighted by Crippen LogP contribution is 2.26. The Morgan fingerprint density at radius 2 is 2.11 bits per heavy atom. The van der Waals surface area contributed by atoms with E-state index in [0.717, 1.165) is 48.3 Å². The van der Waals surface area contributed by atoms with Crippen molar-refractivity contribution >= 4 is 21.6 Å². The molecule has 1 saturated heterocycles. The summed E-state index contributed by atoms with van der Waals surface area (Å²) in [5.41, 5.74) is 2.09. The molecule has 0 amide bonds. The van der Waals surface area contributed by atoms with Gasteiger partial charge in [0.15, 0.2) is 0 Å². The first-order chi connectivity index (χ1) is 8.70. The molecule has 1 aromatic rings. The second-order valence-corrected chi connectivity index (χ2v) is 5.78. The summed E-state index contributed by atoms with van der Waals surface area (Å²) in [6.45, 7) is 2.86. The summed E-state index contributed by atoms with van der Waals surface area (Å²) in [6.07, 6.45) is 2.27. The van der Waals surface area contributed by atoms with E-state index in [-0.39, 0.29) is 6.61 Å². The average Bonchev–Trinajstić information content (AvgIpc) is 2.39. The largest absolute Gasteiger partial charge is 0.392 e. The lowest BCUT2D eigenvalue weighted by atomic mass is 9.99. The lowest BCUT2D eigenvalue weighted by molar-refractivity contribution is 0.0685. The number of rotatable bonds is 4. The van der Waals surface area contributed by atoms with Crippen molar-refractivity contribution in [3.05, 3.63) is 28.2 Å². The number of hydrogen-bond donors (Lipinski definition) is 1. The highest BCUT2D eigenvalue weighted by molar-refractivity contribution is 9.10. The molecule has 1 heterocycles. The molecular formula is C14H20BrNO2. The van der Waals surface area contributed by atoms with Gasteiger partial charge < -0.3 is 14.7 Å². The minimum atomic E-state index is 0.0763. The Bertz CT molecular complexity index is 391.